The minimum atomic E-state index is -3.83. The molecule has 0 heterocycles. The van der Waals surface area contributed by atoms with Crippen molar-refractivity contribution in [2.24, 2.45) is 0 Å². The molecular weight excluding hydrogens is 522 g/mol. The first kappa shape index (κ1) is 27.9. The maximum Gasteiger partial charge on any atom is 0.244 e. The molecule has 1 aliphatic carbocycles. The van der Waals surface area contributed by atoms with Crippen LogP contribution >= 0.6 is 11.6 Å². The number of anilines is 1. The van der Waals surface area contributed by atoms with Crippen LogP contribution < -0.4 is 9.62 Å². The third-order valence-electron chi connectivity index (χ3n) is 7.13. The second-order valence-corrected chi connectivity index (χ2v) is 12.2. The first-order valence-corrected chi connectivity index (χ1v) is 15.2. The largest absolute Gasteiger partial charge is 0.352 e. The van der Waals surface area contributed by atoms with Crippen molar-refractivity contribution in [3.63, 3.8) is 0 Å². The van der Waals surface area contributed by atoms with E-state index in [0.29, 0.717) is 21.7 Å². The van der Waals surface area contributed by atoms with E-state index < -0.39 is 28.5 Å². The van der Waals surface area contributed by atoms with Crippen LogP contribution in [0.1, 0.15) is 44.6 Å². The first-order chi connectivity index (χ1) is 18.1. The maximum atomic E-state index is 13.9. The van der Waals surface area contributed by atoms with Crippen LogP contribution in [0.15, 0.2) is 66.7 Å². The van der Waals surface area contributed by atoms with Gasteiger partial charge >= 0.3 is 0 Å². The fourth-order valence-electron chi connectivity index (χ4n) is 4.98. The highest BCUT2D eigenvalue weighted by Gasteiger charge is 2.32. The van der Waals surface area contributed by atoms with Crippen LogP contribution in [0.2, 0.25) is 5.02 Å². The maximum absolute atomic E-state index is 13.9. The Bertz CT molecular complexity index is 1400. The summed E-state index contributed by atoms with van der Waals surface area (Å²) in [6.45, 7) is 1.30. The van der Waals surface area contributed by atoms with E-state index in [1.165, 1.54) is 4.90 Å². The number of hydrogen-bond acceptors (Lipinski definition) is 4. The molecule has 0 aromatic heterocycles. The zero-order chi connectivity index (χ0) is 27.3. The molecule has 0 saturated heterocycles. The fraction of sp³-hybridized carbons (Fsp3) is 0.379. The van der Waals surface area contributed by atoms with E-state index in [1.807, 2.05) is 36.4 Å². The van der Waals surface area contributed by atoms with Crippen molar-refractivity contribution in [3.8, 4) is 0 Å². The van der Waals surface area contributed by atoms with Crippen LogP contribution in [0, 0.1) is 0 Å². The minimum absolute atomic E-state index is 0.0743. The summed E-state index contributed by atoms with van der Waals surface area (Å²) in [5.74, 6) is -0.747. The van der Waals surface area contributed by atoms with Crippen LogP contribution in [-0.4, -0.2) is 50.0 Å². The molecule has 3 aromatic rings. The Labute approximate surface area is 229 Å². The number of amides is 2. The molecule has 0 radical (unpaired) electrons. The Kier molecular flexibility index (Phi) is 8.95. The molecule has 0 unspecified atom stereocenters. The van der Waals surface area contributed by atoms with Crippen molar-refractivity contribution in [3.05, 3.63) is 77.3 Å². The van der Waals surface area contributed by atoms with Gasteiger partial charge in [-0.25, -0.2) is 8.42 Å². The molecule has 1 N–H and O–H groups in total. The summed E-state index contributed by atoms with van der Waals surface area (Å²) in [6, 6.07) is 19.2. The average molecular weight is 556 g/mol. The quantitative estimate of drug-likeness (QED) is 0.397. The number of carbonyl (C=O) groups is 2. The van der Waals surface area contributed by atoms with E-state index in [2.05, 4.69) is 5.32 Å². The normalized spacial score (nSPS) is 15.1. The fourth-order valence-corrected chi connectivity index (χ4v) is 6.04. The van der Waals surface area contributed by atoms with Crippen molar-refractivity contribution in [1.29, 1.82) is 0 Å². The van der Waals surface area contributed by atoms with Gasteiger partial charge in [-0.1, -0.05) is 85.5 Å². The number of fused-ring (bicyclic) bond motifs is 1. The summed E-state index contributed by atoms with van der Waals surface area (Å²) in [5.41, 5.74) is 1.09. The lowest BCUT2D eigenvalue weighted by atomic mass is 9.95. The number of nitrogens with one attached hydrogen (secondary N) is 1. The van der Waals surface area contributed by atoms with Gasteiger partial charge in [0.15, 0.2) is 0 Å². The minimum Gasteiger partial charge on any atom is -0.352 e. The van der Waals surface area contributed by atoms with Gasteiger partial charge < -0.3 is 10.2 Å². The highest BCUT2D eigenvalue weighted by Crippen LogP contribution is 2.29. The van der Waals surface area contributed by atoms with Gasteiger partial charge in [0.1, 0.15) is 12.6 Å². The van der Waals surface area contributed by atoms with Gasteiger partial charge in [0.25, 0.3) is 0 Å². The number of halogens is 1. The monoisotopic (exact) mass is 555 g/mol. The van der Waals surface area contributed by atoms with E-state index in [9.17, 15) is 18.0 Å². The lowest BCUT2D eigenvalue weighted by molar-refractivity contribution is -0.139. The Morgan fingerprint density at radius 3 is 2.34 bits per heavy atom. The summed E-state index contributed by atoms with van der Waals surface area (Å²) >= 11 is 6.41. The smallest absolute Gasteiger partial charge is 0.244 e. The molecule has 0 spiro atoms. The Morgan fingerprint density at radius 2 is 1.63 bits per heavy atom. The van der Waals surface area contributed by atoms with Crippen LogP contribution in [0.5, 0.6) is 0 Å². The summed E-state index contributed by atoms with van der Waals surface area (Å²) in [7, 11) is -3.83. The van der Waals surface area contributed by atoms with Gasteiger partial charge in [-0.3, -0.25) is 13.9 Å². The molecule has 3 aromatic carbocycles. The van der Waals surface area contributed by atoms with Crippen LogP contribution in [0.4, 0.5) is 5.69 Å². The Morgan fingerprint density at radius 1 is 0.974 bits per heavy atom. The van der Waals surface area contributed by atoms with Gasteiger partial charge in [-0.05, 0) is 42.8 Å². The van der Waals surface area contributed by atoms with Gasteiger partial charge in [0.2, 0.25) is 21.8 Å². The molecule has 0 bridgehead atoms. The zero-order valence-electron chi connectivity index (χ0n) is 21.8. The number of rotatable bonds is 9. The van der Waals surface area contributed by atoms with Crippen LogP contribution in [-0.2, 0) is 26.2 Å². The SMILES string of the molecule is C[C@@H](C(=O)NC1CCCCC1)N(Cc1ccccc1Cl)C(=O)CN(c1cccc2ccccc12)S(C)(=O)=O. The molecule has 1 aliphatic rings. The number of hydrogen-bond donors (Lipinski definition) is 1. The molecule has 9 heteroatoms. The molecule has 1 atom stereocenters. The second-order valence-electron chi connectivity index (χ2n) is 9.90. The molecular formula is C29H34ClN3O4S. The predicted molar refractivity (Wildman–Crippen MR) is 153 cm³/mol. The standard InChI is InChI=1S/C29H34ClN3O4S/c1-21(29(35)31-24-14-4-3-5-15-24)32(19-23-12-7-9-17-26(23)30)28(34)20-33(38(2,36)37)27-18-10-13-22-11-6-8-16-25(22)27/h6-13,16-18,21,24H,3-5,14-15,19-20H2,1-2H3,(H,31,35)/t21-/m0/s1. The summed E-state index contributed by atoms with van der Waals surface area (Å²) < 4.78 is 27.0. The number of benzene rings is 3. The summed E-state index contributed by atoms with van der Waals surface area (Å²) in [5, 5.41) is 5.14. The van der Waals surface area contributed by atoms with E-state index >= 15 is 0 Å². The summed E-state index contributed by atoms with van der Waals surface area (Å²) in [6.07, 6.45) is 6.21. The van der Waals surface area contributed by atoms with Crippen molar-refractivity contribution >= 4 is 49.9 Å². The van der Waals surface area contributed by atoms with E-state index in [4.69, 9.17) is 11.6 Å². The number of nitrogens with zero attached hydrogens (tertiary/aromatic N) is 2. The third kappa shape index (κ3) is 6.66. The Hall–Kier alpha value is -3.10. The topological polar surface area (TPSA) is 86.8 Å². The molecule has 4 rings (SSSR count). The van der Waals surface area contributed by atoms with E-state index in [-0.39, 0.29) is 18.5 Å². The van der Waals surface area contributed by atoms with Gasteiger partial charge in [0.05, 0.1) is 11.9 Å². The first-order valence-electron chi connectivity index (χ1n) is 12.9. The van der Waals surface area contributed by atoms with Crippen LogP contribution in [0.25, 0.3) is 10.8 Å². The predicted octanol–water partition coefficient (Wildman–Crippen LogP) is 5.13. The third-order valence-corrected chi connectivity index (χ3v) is 8.63. The highest BCUT2D eigenvalue weighted by atomic mass is 35.5. The van der Waals surface area contributed by atoms with Crippen molar-refractivity contribution in [2.75, 3.05) is 17.1 Å². The lowest BCUT2D eigenvalue weighted by Crippen LogP contribution is -2.53. The highest BCUT2D eigenvalue weighted by molar-refractivity contribution is 7.92. The molecule has 0 aliphatic heterocycles. The van der Waals surface area contributed by atoms with Crippen LogP contribution in [0.3, 0.4) is 0 Å². The molecule has 7 nitrogen and oxygen atoms in total. The molecule has 202 valence electrons. The second kappa shape index (κ2) is 12.2. The van der Waals surface area contributed by atoms with E-state index in [0.717, 1.165) is 48.1 Å². The summed E-state index contributed by atoms with van der Waals surface area (Å²) in [4.78, 5) is 28.6. The van der Waals surface area contributed by atoms with E-state index in [1.54, 1.807) is 37.3 Å². The molecule has 1 saturated carbocycles. The van der Waals surface area contributed by atoms with Crippen molar-refractivity contribution in [2.45, 2.75) is 57.7 Å². The number of sulfonamides is 1. The average Bonchev–Trinajstić information content (AvgIpc) is 2.90. The Balaban J connectivity index is 1.65. The number of carbonyl (C=O) groups excluding carboxylic acids is 2. The molecule has 2 amide bonds. The van der Waals surface area contributed by atoms with Crippen molar-refractivity contribution < 1.29 is 18.0 Å². The van der Waals surface area contributed by atoms with Gasteiger partial charge in [-0.15, -0.1) is 0 Å². The van der Waals surface area contributed by atoms with Gasteiger partial charge in [0, 0.05) is 23.0 Å². The molecule has 1 fully saturated rings. The molecule has 38 heavy (non-hydrogen) atoms. The lowest BCUT2D eigenvalue weighted by Gasteiger charge is -2.33. The van der Waals surface area contributed by atoms with Crippen molar-refractivity contribution in [1.82, 2.24) is 10.2 Å². The zero-order valence-corrected chi connectivity index (χ0v) is 23.3. The van der Waals surface area contributed by atoms with Gasteiger partial charge in [-0.2, -0.15) is 0 Å².